The average molecular weight is 206 g/mol. The Morgan fingerprint density at radius 2 is 2.13 bits per heavy atom. The van der Waals surface area contributed by atoms with Gasteiger partial charge in [0.1, 0.15) is 0 Å². The van der Waals surface area contributed by atoms with Crippen molar-refractivity contribution in [1.29, 1.82) is 0 Å². The lowest BCUT2D eigenvalue weighted by atomic mass is 10.1. The summed E-state index contributed by atoms with van der Waals surface area (Å²) in [5.74, 6) is 0. The number of rotatable bonds is 3. The Bertz CT molecular complexity index is 302. The second kappa shape index (κ2) is 4.73. The van der Waals surface area contributed by atoms with Crippen molar-refractivity contribution in [3.8, 4) is 0 Å². The molecule has 3 nitrogen and oxygen atoms in total. The first-order valence-corrected chi connectivity index (χ1v) is 5.54. The minimum absolute atomic E-state index is 0.142. The summed E-state index contributed by atoms with van der Waals surface area (Å²) >= 11 is 0. The van der Waals surface area contributed by atoms with E-state index in [9.17, 15) is 5.11 Å². The van der Waals surface area contributed by atoms with Crippen LogP contribution in [0.2, 0.25) is 0 Å². The number of nitrogens with zero attached hydrogens (tertiary/aromatic N) is 2. The van der Waals surface area contributed by atoms with Gasteiger partial charge in [-0.05, 0) is 44.0 Å². The first kappa shape index (κ1) is 10.6. The van der Waals surface area contributed by atoms with Gasteiger partial charge in [0.2, 0.25) is 0 Å². The van der Waals surface area contributed by atoms with Crippen LogP contribution in [-0.2, 0) is 6.54 Å². The van der Waals surface area contributed by atoms with Gasteiger partial charge < -0.3 is 5.11 Å². The van der Waals surface area contributed by atoms with E-state index in [2.05, 4.69) is 16.9 Å². The molecule has 1 saturated carbocycles. The molecule has 0 saturated heterocycles. The summed E-state index contributed by atoms with van der Waals surface area (Å²) in [6, 6.07) is 4.38. The van der Waals surface area contributed by atoms with Crippen molar-refractivity contribution in [2.24, 2.45) is 0 Å². The number of aliphatic hydroxyl groups excluding tert-OH is 1. The van der Waals surface area contributed by atoms with Crippen molar-refractivity contribution < 1.29 is 5.11 Å². The zero-order chi connectivity index (χ0) is 10.7. The second-order valence-corrected chi connectivity index (χ2v) is 4.34. The summed E-state index contributed by atoms with van der Waals surface area (Å²) in [6.45, 7) is 0.893. The molecule has 0 bridgehead atoms. The number of aliphatic hydroxyl groups is 1. The molecule has 15 heavy (non-hydrogen) atoms. The lowest BCUT2D eigenvalue weighted by Gasteiger charge is -2.26. The molecule has 0 radical (unpaired) electrons. The van der Waals surface area contributed by atoms with Crippen LogP contribution >= 0.6 is 0 Å². The Balaban J connectivity index is 1.94. The van der Waals surface area contributed by atoms with Crippen molar-refractivity contribution in [2.45, 2.75) is 38.0 Å². The molecule has 0 amide bonds. The fraction of sp³-hybridized carbons (Fsp3) is 0.583. The van der Waals surface area contributed by atoms with Crippen LogP contribution in [0.15, 0.2) is 24.5 Å². The Kier molecular flexibility index (Phi) is 3.34. The van der Waals surface area contributed by atoms with Gasteiger partial charge in [-0.1, -0.05) is 0 Å². The minimum atomic E-state index is -0.142. The third-order valence-electron chi connectivity index (χ3n) is 3.19. The highest BCUT2D eigenvalue weighted by atomic mass is 16.3. The first-order valence-electron chi connectivity index (χ1n) is 5.54. The van der Waals surface area contributed by atoms with E-state index in [0.29, 0.717) is 6.04 Å². The Hall–Kier alpha value is -0.930. The largest absolute Gasteiger partial charge is 0.391 e. The first-order chi connectivity index (χ1) is 7.27. The van der Waals surface area contributed by atoms with Crippen LogP contribution < -0.4 is 0 Å². The summed E-state index contributed by atoms with van der Waals surface area (Å²) < 4.78 is 0. The highest BCUT2D eigenvalue weighted by molar-refractivity contribution is 5.09. The Labute approximate surface area is 90.8 Å². The highest BCUT2D eigenvalue weighted by Gasteiger charge is 2.28. The van der Waals surface area contributed by atoms with E-state index in [0.717, 1.165) is 25.8 Å². The van der Waals surface area contributed by atoms with Gasteiger partial charge in [0, 0.05) is 25.0 Å². The molecule has 0 aromatic carbocycles. The molecule has 2 rings (SSSR count). The molecule has 2 unspecified atom stereocenters. The molecular formula is C12H18N2O. The minimum Gasteiger partial charge on any atom is -0.391 e. The topological polar surface area (TPSA) is 36.4 Å². The number of aromatic nitrogens is 1. The SMILES string of the molecule is CN(Cc1ccncc1)C1CCCC1O. The van der Waals surface area contributed by atoms with Crippen LogP contribution in [0, 0.1) is 0 Å². The van der Waals surface area contributed by atoms with Crippen LogP contribution in [0.3, 0.4) is 0 Å². The van der Waals surface area contributed by atoms with Crippen LogP contribution in [-0.4, -0.2) is 34.2 Å². The van der Waals surface area contributed by atoms with E-state index in [4.69, 9.17) is 0 Å². The zero-order valence-electron chi connectivity index (χ0n) is 9.13. The van der Waals surface area contributed by atoms with Gasteiger partial charge in [-0.3, -0.25) is 9.88 Å². The molecule has 1 heterocycles. The van der Waals surface area contributed by atoms with Gasteiger partial charge >= 0.3 is 0 Å². The van der Waals surface area contributed by atoms with E-state index in [1.54, 1.807) is 0 Å². The maximum Gasteiger partial charge on any atom is 0.0695 e. The average Bonchev–Trinajstić information content (AvgIpc) is 2.66. The molecule has 1 aromatic rings. The standard InChI is InChI=1S/C12H18N2O/c1-14(11-3-2-4-12(11)15)9-10-5-7-13-8-6-10/h5-8,11-12,15H,2-4,9H2,1H3. The molecular weight excluding hydrogens is 188 g/mol. The second-order valence-electron chi connectivity index (χ2n) is 4.34. The quantitative estimate of drug-likeness (QED) is 0.812. The van der Waals surface area contributed by atoms with Gasteiger partial charge in [-0.25, -0.2) is 0 Å². The summed E-state index contributed by atoms with van der Waals surface area (Å²) in [5, 5.41) is 9.78. The predicted octanol–water partition coefficient (Wildman–Crippen LogP) is 1.43. The van der Waals surface area contributed by atoms with E-state index in [1.165, 1.54) is 5.56 Å². The van der Waals surface area contributed by atoms with E-state index >= 15 is 0 Å². The van der Waals surface area contributed by atoms with Crippen molar-refractivity contribution in [3.63, 3.8) is 0 Å². The van der Waals surface area contributed by atoms with Gasteiger partial charge in [0.25, 0.3) is 0 Å². The molecule has 1 N–H and O–H groups in total. The fourth-order valence-corrected chi connectivity index (χ4v) is 2.33. The number of pyridine rings is 1. The number of likely N-dealkylation sites (N-methyl/N-ethyl adjacent to an activating group) is 1. The smallest absolute Gasteiger partial charge is 0.0695 e. The molecule has 82 valence electrons. The zero-order valence-corrected chi connectivity index (χ0v) is 9.13. The summed E-state index contributed by atoms with van der Waals surface area (Å²) in [5.41, 5.74) is 1.26. The summed E-state index contributed by atoms with van der Waals surface area (Å²) in [7, 11) is 2.08. The van der Waals surface area contributed by atoms with Crippen LogP contribution in [0.5, 0.6) is 0 Å². The number of hydrogen-bond donors (Lipinski definition) is 1. The van der Waals surface area contributed by atoms with Crippen molar-refractivity contribution in [2.75, 3.05) is 7.05 Å². The molecule has 3 heteroatoms. The predicted molar refractivity (Wildman–Crippen MR) is 59.3 cm³/mol. The molecule has 0 spiro atoms. The summed E-state index contributed by atoms with van der Waals surface area (Å²) in [6.07, 6.45) is 6.69. The van der Waals surface area contributed by atoms with Crippen molar-refractivity contribution in [1.82, 2.24) is 9.88 Å². The number of hydrogen-bond acceptors (Lipinski definition) is 3. The Morgan fingerprint density at radius 1 is 1.40 bits per heavy atom. The van der Waals surface area contributed by atoms with Gasteiger partial charge in [-0.2, -0.15) is 0 Å². The van der Waals surface area contributed by atoms with E-state index < -0.39 is 0 Å². The third-order valence-corrected chi connectivity index (χ3v) is 3.19. The van der Waals surface area contributed by atoms with Gasteiger partial charge in [0.15, 0.2) is 0 Å². The van der Waals surface area contributed by atoms with E-state index in [1.807, 2.05) is 24.5 Å². The normalized spacial score (nSPS) is 26.1. The van der Waals surface area contributed by atoms with Gasteiger partial charge in [-0.15, -0.1) is 0 Å². The lowest BCUT2D eigenvalue weighted by Crippen LogP contribution is -2.36. The molecule has 1 aromatic heterocycles. The van der Waals surface area contributed by atoms with Crippen LogP contribution in [0.25, 0.3) is 0 Å². The maximum absolute atomic E-state index is 9.78. The molecule has 2 atom stereocenters. The Morgan fingerprint density at radius 3 is 2.73 bits per heavy atom. The molecule has 1 aliphatic rings. The van der Waals surface area contributed by atoms with Gasteiger partial charge in [0.05, 0.1) is 6.10 Å². The summed E-state index contributed by atoms with van der Waals surface area (Å²) in [4.78, 5) is 6.24. The molecule has 1 aliphatic carbocycles. The highest BCUT2D eigenvalue weighted by Crippen LogP contribution is 2.24. The monoisotopic (exact) mass is 206 g/mol. The third kappa shape index (κ3) is 2.55. The maximum atomic E-state index is 9.78. The fourth-order valence-electron chi connectivity index (χ4n) is 2.33. The van der Waals surface area contributed by atoms with Crippen LogP contribution in [0.4, 0.5) is 0 Å². The lowest BCUT2D eigenvalue weighted by molar-refractivity contribution is 0.0825. The van der Waals surface area contributed by atoms with Crippen molar-refractivity contribution in [3.05, 3.63) is 30.1 Å². The molecule has 0 aliphatic heterocycles. The van der Waals surface area contributed by atoms with E-state index in [-0.39, 0.29) is 6.10 Å². The molecule has 1 fully saturated rings. The van der Waals surface area contributed by atoms with Crippen LogP contribution in [0.1, 0.15) is 24.8 Å². The van der Waals surface area contributed by atoms with Crippen molar-refractivity contribution >= 4 is 0 Å².